The molecule has 0 bridgehead atoms. The molecular formula is C9H17N3O2S. The molecule has 6 heteroatoms. The largest absolute Gasteiger partial charge is 0.405 e. The summed E-state index contributed by atoms with van der Waals surface area (Å²) in [5.74, 6) is 0. The van der Waals surface area contributed by atoms with Crippen molar-refractivity contribution in [3.05, 3.63) is 11.8 Å². The van der Waals surface area contributed by atoms with Crippen molar-refractivity contribution in [3.8, 4) is 6.07 Å². The minimum Gasteiger partial charge on any atom is -0.405 e. The fourth-order valence-electron chi connectivity index (χ4n) is 1.06. The second kappa shape index (κ2) is 6.43. The van der Waals surface area contributed by atoms with Crippen molar-refractivity contribution < 1.29 is 8.42 Å². The highest BCUT2D eigenvalue weighted by Gasteiger charge is 2.14. The highest BCUT2D eigenvalue weighted by atomic mass is 32.2. The number of allylic oxidation sites excluding steroid dienone is 1. The number of nitrogens with zero attached hydrogens (tertiary/aromatic N) is 2. The van der Waals surface area contributed by atoms with E-state index in [-0.39, 0.29) is 6.54 Å². The molecule has 0 fully saturated rings. The average Bonchev–Trinajstić information content (AvgIpc) is 2.14. The zero-order valence-electron chi connectivity index (χ0n) is 9.10. The van der Waals surface area contributed by atoms with E-state index >= 15 is 0 Å². The molecule has 0 aliphatic heterocycles. The smallest absolute Gasteiger partial charge is 0.212 e. The van der Waals surface area contributed by atoms with E-state index in [0.29, 0.717) is 13.0 Å². The van der Waals surface area contributed by atoms with Gasteiger partial charge in [-0.3, -0.25) is 0 Å². The van der Waals surface area contributed by atoms with Crippen molar-refractivity contribution >= 4 is 10.0 Å². The van der Waals surface area contributed by atoms with Gasteiger partial charge >= 0.3 is 0 Å². The first kappa shape index (κ1) is 13.9. The van der Waals surface area contributed by atoms with Gasteiger partial charge < -0.3 is 5.73 Å². The molecule has 0 rings (SSSR count). The Morgan fingerprint density at radius 2 is 2.20 bits per heavy atom. The van der Waals surface area contributed by atoms with Crippen LogP contribution in [-0.4, -0.2) is 32.1 Å². The van der Waals surface area contributed by atoms with Crippen molar-refractivity contribution in [3.63, 3.8) is 0 Å². The molecule has 86 valence electrons. The molecule has 0 heterocycles. The average molecular weight is 231 g/mol. The van der Waals surface area contributed by atoms with Crippen LogP contribution in [0, 0.1) is 11.3 Å². The molecule has 0 radical (unpaired) electrons. The van der Waals surface area contributed by atoms with E-state index in [9.17, 15) is 8.42 Å². The van der Waals surface area contributed by atoms with Gasteiger partial charge in [0.25, 0.3) is 0 Å². The summed E-state index contributed by atoms with van der Waals surface area (Å²) in [6.45, 7) is 2.15. The van der Waals surface area contributed by atoms with Gasteiger partial charge in [-0.15, -0.1) is 0 Å². The summed E-state index contributed by atoms with van der Waals surface area (Å²) in [6.07, 6.45) is 4.03. The van der Waals surface area contributed by atoms with Gasteiger partial charge in [0, 0.05) is 6.54 Å². The van der Waals surface area contributed by atoms with Crippen LogP contribution >= 0.6 is 0 Å². The summed E-state index contributed by atoms with van der Waals surface area (Å²) in [4.78, 5) is 0. The first-order valence-corrected chi connectivity index (χ1v) is 6.46. The number of nitriles is 1. The summed E-state index contributed by atoms with van der Waals surface area (Å²) in [7, 11) is -3.27. The Balaban J connectivity index is 4.17. The molecule has 0 aromatic heterocycles. The minimum atomic E-state index is -3.27. The van der Waals surface area contributed by atoms with Crippen LogP contribution in [0.1, 0.15) is 19.8 Å². The molecule has 0 atom stereocenters. The maximum Gasteiger partial charge on any atom is 0.212 e. The van der Waals surface area contributed by atoms with Crippen LogP contribution in [0.3, 0.4) is 0 Å². The van der Waals surface area contributed by atoms with Gasteiger partial charge in [-0.25, -0.2) is 8.42 Å². The summed E-state index contributed by atoms with van der Waals surface area (Å²) in [6, 6.07) is 1.83. The maximum absolute atomic E-state index is 11.2. The molecule has 0 aliphatic carbocycles. The highest BCUT2D eigenvalue weighted by molar-refractivity contribution is 7.88. The summed E-state index contributed by atoms with van der Waals surface area (Å²) in [5, 5.41) is 8.47. The molecule has 0 aromatic carbocycles. The fourth-order valence-corrected chi connectivity index (χ4v) is 1.81. The number of hydrogen-bond donors (Lipinski definition) is 1. The van der Waals surface area contributed by atoms with Crippen LogP contribution in [0.15, 0.2) is 11.8 Å². The molecule has 5 nitrogen and oxygen atoms in total. The van der Waals surface area contributed by atoms with E-state index in [2.05, 4.69) is 0 Å². The molecule has 15 heavy (non-hydrogen) atoms. The zero-order valence-corrected chi connectivity index (χ0v) is 9.92. The molecule has 0 aliphatic rings. The third kappa shape index (κ3) is 6.10. The fraction of sp³-hybridized carbons (Fsp3) is 0.667. The monoisotopic (exact) mass is 231 g/mol. The van der Waals surface area contributed by atoms with Crippen LogP contribution in [0.4, 0.5) is 0 Å². The van der Waals surface area contributed by atoms with Crippen molar-refractivity contribution in [1.29, 1.82) is 5.26 Å². The van der Waals surface area contributed by atoms with Crippen LogP contribution in [-0.2, 0) is 10.0 Å². The summed E-state index contributed by atoms with van der Waals surface area (Å²) in [5.41, 5.74) is 6.30. The van der Waals surface area contributed by atoms with Gasteiger partial charge in [-0.2, -0.15) is 9.57 Å². The molecule has 0 unspecified atom stereocenters. The Morgan fingerprint density at radius 3 is 2.60 bits per heavy atom. The molecule has 0 aromatic rings. The Labute approximate surface area is 91.2 Å². The summed E-state index contributed by atoms with van der Waals surface area (Å²) < 4.78 is 23.6. The Kier molecular flexibility index (Phi) is 5.97. The van der Waals surface area contributed by atoms with Crippen molar-refractivity contribution in [2.45, 2.75) is 19.8 Å². The first-order chi connectivity index (χ1) is 6.91. The second-order valence-electron chi connectivity index (χ2n) is 3.37. The maximum atomic E-state index is 11.2. The Bertz CT molecular complexity index is 354. The van der Waals surface area contributed by atoms with Gasteiger partial charge in [0.15, 0.2) is 0 Å². The van der Waals surface area contributed by atoms with Crippen LogP contribution in [0.25, 0.3) is 0 Å². The lowest BCUT2D eigenvalue weighted by atomic mass is 10.2. The standard InChI is InChI=1S/C9H17N3O2S/c1-9(8-11)4-3-6-12(7-5-10)15(2,13)14/h8H,3-4,6-7,11H2,1-2H3. The highest BCUT2D eigenvalue weighted by Crippen LogP contribution is 2.05. The van der Waals surface area contributed by atoms with E-state index in [0.717, 1.165) is 22.6 Å². The van der Waals surface area contributed by atoms with Crippen molar-refractivity contribution in [1.82, 2.24) is 4.31 Å². The van der Waals surface area contributed by atoms with E-state index in [1.165, 1.54) is 6.20 Å². The molecule has 2 N–H and O–H groups in total. The third-order valence-corrected chi connectivity index (χ3v) is 3.23. The van der Waals surface area contributed by atoms with Gasteiger partial charge in [-0.1, -0.05) is 5.57 Å². The minimum absolute atomic E-state index is 0.0930. The van der Waals surface area contributed by atoms with E-state index in [1.807, 2.05) is 13.0 Å². The van der Waals surface area contributed by atoms with Crippen LogP contribution in [0.5, 0.6) is 0 Å². The molecule has 0 saturated heterocycles. The van der Waals surface area contributed by atoms with E-state index < -0.39 is 10.0 Å². The van der Waals surface area contributed by atoms with Gasteiger partial charge in [0.05, 0.1) is 12.3 Å². The zero-order chi connectivity index (χ0) is 11.9. The number of nitrogens with two attached hydrogens (primary N) is 1. The van der Waals surface area contributed by atoms with Crippen molar-refractivity contribution in [2.24, 2.45) is 5.73 Å². The quantitative estimate of drug-likeness (QED) is 0.671. The van der Waals surface area contributed by atoms with E-state index in [4.69, 9.17) is 11.0 Å². The molecule has 0 amide bonds. The second-order valence-corrected chi connectivity index (χ2v) is 5.35. The predicted molar refractivity (Wildman–Crippen MR) is 59.2 cm³/mol. The third-order valence-electron chi connectivity index (χ3n) is 1.98. The van der Waals surface area contributed by atoms with Gasteiger partial charge in [0.1, 0.15) is 6.54 Å². The lowest BCUT2D eigenvalue weighted by molar-refractivity contribution is 0.441. The lowest BCUT2D eigenvalue weighted by Crippen LogP contribution is -2.31. The first-order valence-electron chi connectivity index (χ1n) is 4.61. The Hall–Kier alpha value is -1.06. The topological polar surface area (TPSA) is 87.2 Å². The van der Waals surface area contributed by atoms with Gasteiger partial charge in [-0.05, 0) is 26.0 Å². The normalized spacial score (nSPS) is 12.8. The number of hydrogen-bond acceptors (Lipinski definition) is 4. The van der Waals surface area contributed by atoms with E-state index in [1.54, 1.807) is 0 Å². The van der Waals surface area contributed by atoms with Crippen molar-refractivity contribution in [2.75, 3.05) is 19.3 Å². The SMILES string of the molecule is CC(=CN)CCCN(CC#N)S(C)(=O)=O. The van der Waals surface area contributed by atoms with Crippen LogP contribution < -0.4 is 5.73 Å². The molecule has 0 saturated carbocycles. The molecule has 0 spiro atoms. The van der Waals surface area contributed by atoms with Gasteiger partial charge in [0.2, 0.25) is 10.0 Å². The number of rotatable bonds is 6. The molecular weight excluding hydrogens is 214 g/mol. The predicted octanol–water partition coefficient (Wildman–Crippen LogP) is 0.414. The summed E-state index contributed by atoms with van der Waals surface area (Å²) >= 11 is 0. The number of sulfonamides is 1. The lowest BCUT2D eigenvalue weighted by Gasteiger charge is -2.15. The Morgan fingerprint density at radius 1 is 1.60 bits per heavy atom. The van der Waals surface area contributed by atoms with Crippen LogP contribution in [0.2, 0.25) is 0 Å².